The molecule has 0 bridgehead atoms. The van der Waals surface area contributed by atoms with E-state index in [2.05, 4.69) is 14.9 Å². The topological polar surface area (TPSA) is 71.0 Å². The van der Waals surface area contributed by atoms with Crippen LogP contribution in [0.25, 0.3) is 16.0 Å². The number of aryl methyl sites for hydroxylation is 1. The zero-order chi connectivity index (χ0) is 16.8. The van der Waals surface area contributed by atoms with E-state index in [0.717, 1.165) is 42.2 Å². The highest BCUT2D eigenvalue weighted by molar-refractivity contribution is 7.22. The SMILES string of the molecule is Cc1cccc(-n2c(=O)[nH]c3nc(N4CCCC4)sc3c2=O)c1C. The maximum absolute atomic E-state index is 12.9. The van der Waals surface area contributed by atoms with E-state index < -0.39 is 5.69 Å². The number of thiazole rings is 1. The minimum Gasteiger partial charge on any atom is -0.348 e. The van der Waals surface area contributed by atoms with Crippen molar-refractivity contribution in [3.05, 3.63) is 50.2 Å². The van der Waals surface area contributed by atoms with Crippen molar-refractivity contribution in [3.63, 3.8) is 0 Å². The minimum atomic E-state index is -0.445. The maximum Gasteiger partial charge on any atom is 0.334 e. The molecule has 1 saturated heterocycles. The lowest BCUT2D eigenvalue weighted by molar-refractivity contribution is 0.888. The number of rotatable bonds is 2. The molecule has 124 valence electrons. The predicted molar refractivity (Wildman–Crippen MR) is 96.8 cm³/mol. The quantitative estimate of drug-likeness (QED) is 0.776. The van der Waals surface area contributed by atoms with Gasteiger partial charge in [-0.2, -0.15) is 0 Å². The Kier molecular flexibility index (Phi) is 3.53. The van der Waals surface area contributed by atoms with E-state index in [1.165, 1.54) is 15.9 Å². The summed E-state index contributed by atoms with van der Waals surface area (Å²) in [7, 11) is 0. The van der Waals surface area contributed by atoms with Crippen LogP contribution < -0.4 is 16.1 Å². The first kappa shape index (κ1) is 15.1. The van der Waals surface area contributed by atoms with Crippen molar-refractivity contribution in [1.29, 1.82) is 0 Å². The van der Waals surface area contributed by atoms with Crippen LogP contribution in [-0.2, 0) is 0 Å². The Labute approximate surface area is 142 Å². The number of anilines is 1. The average molecular weight is 342 g/mol. The summed E-state index contributed by atoms with van der Waals surface area (Å²) in [5.41, 5.74) is 2.23. The summed E-state index contributed by atoms with van der Waals surface area (Å²) >= 11 is 1.36. The van der Waals surface area contributed by atoms with E-state index >= 15 is 0 Å². The van der Waals surface area contributed by atoms with Crippen LogP contribution in [0.5, 0.6) is 0 Å². The number of nitrogens with zero attached hydrogens (tertiary/aromatic N) is 3. The van der Waals surface area contributed by atoms with Crippen LogP contribution in [0.4, 0.5) is 5.13 Å². The van der Waals surface area contributed by atoms with Gasteiger partial charge in [0.05, 0.1) is 5.69 Å². The van der Waals surface area contributed by atoms with Crippen LogP contribution >= 0.6 is 11.3 Å². The molecule has 0 spiro atoms. The molecule has 7 heteroatoms. The molecule has 3 heterocycles. The number of hydrogen-bond donors (Lipinski definition) is 1. The molecule has 6 nitrogen and oxygen atoms in total. The molecule has 1 aliphatic heterocycles. The van der Waals surface area contributed by atoms with Crippen molar-refractivity contribution in [3.8, 4) is 5.69 Å². The monoisotopic (exact) mass is 342 g/mol. The van der Waals surface area contributed by atoms with Crippen molar-refractivity contribution in [2.24, 2.45) is 0 Å². The van der Waals surface area contributed by atoms with Crippen molar-refractivity contribution >= 4 is 26.8 Å². The Bertz CT molecular complexity index is 1040. The van der Waals surface area contributed by atoms with Gasteiger partial charge in [0.2, 0.25) is 0 Å². The summed E-state index contributed by atoms with van der Waals surface area (Å²) in [6, 6.07) is 5.62. The Morgan fingerprint density at radius 2 is 1.92 bits per heavy atom. The lowest BCUT2D eigenvalue weighted by Crippen LogP contribution is -2.33. The highest BCUT2D eigenvalue weighted by atomic mass is 32.1. The molecule has 1 aliphatic rings. The van der Waals surface area contributed by atoms with Crippen LogP contribution in [0, 0.1) is 13.8 Å². The summed E-state index contributed by atoms with van der Waals surface area (Å²) < 4.78 is 1.72. The second kappa shape index (κ2) is 5.59. The maximum atomic E-state index is 12.9. The van der Waals surface area contributed by atoms with E-state index in [1.54, 1.807) is 6.07 Å². The third-order valence-corrected chi connectivity index (χ3v) is 5.74. The third-order valence-electron chi connectivity index (χ3n) is 4.64. The van der Waals surface area contributed by atoms with Crippen molar-refractivity contribution in [2.45, 2.75) is 26.7 Å². The van der Waals surface area contributed by atoms with E-state index in [-0.39, 0.29) is 5.56 Å². The first-order chi connectivity index (χ1) is 11.6. The van der Waals surface area contributed by atoms with Crippen molar-refractivity contribution < 1.29 is 0 Å². The van der Waals surface area contributed by atoms with Gasteiger partial charge in [-0.15, -0.1) is 0 Å². The summed E-state index contributed by atoms with van der Waals surface area (Å²) in [4.78, 5) is 34.8. The fraction of sp³-hybridized carbons (Fsp3) is 0.353. The molecule has 0 unspecified atom stereocenters. The summed E-state index contributed by atoms with van der Waals surface area (Å²) in [6.45, 7) is 5.79. The van der Waals surface area contributed by atoms with Gasteiger partial charge in [-0.25, -0.2) is 14.3 Å². The number of fused-ring (bicyclic) bond motifs is 1. The fourth-order valence-electron chi connectivity index (χ4n) is 3.13. The Balaban J connectivity index is 1.95. The second-order valence-electron chi connectivity index (χ2n) is 6.16. The normalized spacial score (nSPS) is 14.7. The van der Waals surface area contributed by atoms with E-state index in [9.17, 15) is 9.59 Å². The highest BCUT2D eigenvalue weighted by Crippen LogP contribution is 2.28. The second-order valence-corrected chi connectivity index (χ2v) is 7.14. The molecule has 0 aliphatic carbocycles. The predicted octanol–water partition coefficient (Wildman–Crippen LogP) is 2.35. The van der Waals surface area contributed by atoms with Crippen molar-refractivity contribution in [1.82, 2.24) is 14.5 Å². The standard InChI is InChI=1S/C17H18N4O2S/c1-10-6-5-7-12(11(10)2)21-15(22)13-14(18-16(21)23)19-17(24-13)20-8-3-4-9-20/h5-7H,3-4,8-9H2,1-2H3,(H,18,23). The Morgan fingerprint density at radius 3 is 2.67 bits per heavy atom. The largest absolute Gasteiger partial charge is 0.348 e. The van der Waals surface area contributed by atoms with E-state index in [0.29, 0.717) is 16.0 Å². The van der Waals surface area contributed by atoms with Gasteiger partial charge in [-0.3, -0.25) is 9.78 Å². The van der Waals surface area contributed by atoms with Crippen LogP contribution in [0.1, 0.15) is 24.0 Å². The first-order valence-corrected chi connectivity index (χ1v) is 8.85. The molecule has 0 radical (unpaired) electrons. The lowest BCUT2D eigenvalue weighted by Gasteiger charge is -2.11. The van der Waals surface area contributed by atoms with Crippen LogP contribution in [0.2, 0.25) is 0 Å². The van der Waals surface area contributed by atoms with Gasteiger partial charge in [-0.05, 0) is 43.9 Å². The molecule has 0 saturated carbocycles. The fourth-order valence-corrected chi connectivity index (χ4v) is 4.13. The number of hydrogen-bond acceptors (Lipinski definition) is 5. The van der Waals surface area contributed by atoms with Gasteiger partial charge in [0.15, 0.2) is 10.8 Å². The van der Waals surface area contributed by atoms with Gasteiger partial charge in [-0.1, -0.05) is 23.5 Å². The Morgan fingerprint density at radius 1 is 1.17 bits per heavy atom. The smallest absolute Gasteiger partial charge is 0.334 e. The van der Waals surface area contributed by atoms with Crippen molar-refractivity contribution in [2.75, 3.05) is 18.0 Å². The molecule has 4 rings (SSSR count). The molecule has 1 fully saturated rings. The third kappa shape index (κ3) is 2.27. The zero-order valence-electron chi connectivity index (χ0n) is 13.6. The lowest BCUT2D eigenvalue weighted by atomic mass is 10.1. The number of benzene rings is 1. The van der Waals surface area contributed by atoms with Crippen LogP contribution in [0.3, 0.4) is 0 Å². The number of nitrogens with one attached hydrogen (secondary N) is 1. The molecular weight excluding hydrogens is 324 g/mol. The molecule has 2 aromatic heterocycles. The van der Waals surface area contributed by atoms with Crippen LogP contribution in [-0.4, -0.2) is 27.6 Å². The number of H-pyrrole nitrogens is 1. The molecule has 1 N–H and O–H groups in total. The summed E-state index contributed by atoms with van der Waals surface area (Å²) in [5.74, 6) is 0. The first-order valence-electron chi connectivity index (χ1n) is 8.03. The summed E-state index contributed by atoms with van der Waals surface area (Å²) in [6.07, 6.45) is 2.28. The van der Waals surface area contributed by atoms with Gasteiger partial charge >= 0.3 is 5.69 Å². The minimum absolute atomic E-state index is 0.301. The molecule has 0 atom stereocenters. The molecule has 1 aromatic carbocycles. The summed E-state index contributed by atoms with van der Waals surface area (Å²) in [5, 5.41) is 0.814. The molecule has 3 aromatic rings. The van der Waals surface area contributed by atoms with Gasteiger partial charge in [0.1, 0.15) is 4.70 Å². The van der Waals surface area contributed by atoms with Gasteiger partial charge in [0.25, 0.3) is 5.56 Å². The average Bonchev–Trinajstić information content (AvgIpc) is 3.20. The Hall–Kier alpha value is -2.41. The van der Waals surface area contributed by atoms with Gasteiger partial charge in [0, 0.05) is 13.1 Å². The number of aromatic amines is 1. The molecule has 0 amide bonds. The molecule has 24 heavy (non-hydrogen) atoms. The zero-order valence-corrected chi connectivity index (χ0v) is 14.4. The highest BCUT2D eigenvalue weighted by Gasteiger charge is 2.20. The molecular formula is C17H18N4O2S. The van der Waals surface area contributed by atoms with E-state index in [1.807, 2.05) is 26.0 Å². The van der Waals surface area contributed by atoms with E-state index in [4.69, 9.17) is 0 Å². The number of aromatic nitrogens is 3. The van der Waals surface area contributed by atoms with Gasteiger partial charge < -0.3 is 4.90 Å². The van der Waals surface area contributed by atoms with Crippen LogP contribution in [0.15, 0.2) is 27.8 Å².